The molecule has 1 rings (SSSR count). The molecule has 3 N–H and O–H groups in total. The van der Waals surface area contributed by atoms with E-state index in [0.717, 1.165) is 13.0 Å². The third-order valence-corrected chi connectivity index (χ3v) is 3.57. The molecule has 0 radical (unpaired) electrons. The lowest BCUT2D eigenvalue weighted by Crippen LogP contribution is -2.34. The minimum atomic E-state index is -0.606. The van der Waals surface area contributed by atoms with Crippen LogP contribution in [0.3, 0.4) is 0 Å². The van der Waals surface area contributed by atoms with Gasteiger partial charge in [-0.15, -0.1) is 0 Å². The highest BCUT2D eigenvalue weighted by Crippen LogP contribution is 2.26. The average Bonchev–Trinajstić information content (AvgIpc) is 2.40. The summed E-state index contributed by atoms with van der Waals surface area (Å²) in [6, 6.07) is 4.98. The molecule has 0 aromatic heterocycles. The van der Waals surface area contributed by atoms with E-state index in [4.69, 9.17) is 33.0 Å². The Hall–Kier alpha value is -0.520. The molecule has 0 bridgehead atoms. The Morgan fingerprint density at radius 1 is 1.25 bits per heavy atom. The standard InChI is InChI=1S/C14H21Cl2NO3/c1-10(4-5-18)7-17-8-11(19)9-20-12-2-3-13(15)14(16)6-12/h2-3,6,10-11,17-19H,4-5,7-9H2,1H3. The molecule has 0 aliphatic rings. The van der Waals surface area contributed by atoms with E-state index in [1.165, 1.54) is 0 Å². The fraction of sp³-hybridized carbons (Fsp3) is 0.571. The topological polar surface area (TPSA) is 61.7 Å². The Morgan fingerprint density at radius 3 is 2.65 bits per heavy atom. The monoisotopic (exact) mass is 321 g/mol. The number of halogens is 2. The van der Waals surface area contributed by atoms with E-state index in [-0.39, 0.29) is 13.2 Å². The van der Waals surface area contributed by atoms with Crippen molar-refractivity contribution in [2.75, 3.05) is 26.3 Å². The minimum absolute atomic E-state index is 0.180. The van der Waals surface area contributed by atoms with Crippen molar-refractivity contribution in [3.8, 4) is 5.75 Å². The van der Waals surface area contributed by atoms with Crippen LogP contribution in [0.5, 0.6) is 5.75 Å². The average molecular weight is 322 g/mol. The predicted molar refractivity (Wildman–Crippen MR) is 81.7 cm³/mol. The number of nitrogens with one attached hydrogen (secondary N) is 1. The third kappa shape index (κ3) is 6.77. The molecule has 1 aromatic carbocycles. The van der Waals surface area contributed by atoms with Crippen molar-refractivity contribution in [1.82, 2.24) is 5.32 Å². The quantitative estimate of drug-likeness (QED) is 0.653. The molecule has 0 saturated carbocycles. The SMILES string of the molecule is CC(CCO)CNCC(O)COc1ccc(Cl)c(Cl)c1. The first kappa shape index (κ1) is 17.5. The maximum atomic E-state index is 9.78. The first-order valence-electron chi connectivity index (χ1n) is 6.60. The van der Waals surface area contributed by atoms with Crippen LogP contribution >= 0.6 is 23.2 Å². The summed E-state index contributed by atoms with van der Waals surface area (Å²) in [5, 5.41) is 22.6. The van der Waals surface area contributed by atoms with Gasteiger partial charge in [-0.3, -0.25) is 0 Å². The first-order chi connectivity index (χ1) is 9.52. The molecular formula is C14H21Cl2NO3. The van der Waals surface area contributed by atoms with E-state index in [1.807, 2.05) is 6.92 Å². The van der Waals surface area contributed by atoms with Gasteiger partial charge in [0.25, 0.3) is 0 Å². The van der Waals surface area contributed by atoms with Gasteiger partial charge < -0.3 is 20.3 Å². The van der Waals surface area contributed by atoms with Crippen LogP contribution in [0.1, 0.15) is 13.3 Å². The van der Waals surface area contributed by atoms with Gasteiger partial charge in [-0.25, -0.2) is 0 Å². The molecule has 0 aliphatic heterocycles. The largest absolute Gasteiger partial charge is 0.491 e. The Kier molecular flexibility index (Phi) is 8.26. The Labute approximate surface area is 129 Å². The molecule has 0 spiro atoms. The number of ether oxygens (including phenoxy) is 1. The second-order valence-electron chi connectivity index (χ2n) is 4.82. The number of aliphatic hydroxyl groups is 2. The second kappa shape index (κ2) is 9.42. The molecule has 0 heterocycles. The van der Waals surface area contributed by atoms with Gasteiger partial charge in [0.1, 0.15) is 18.5 Å². The molecule has 0 amide bonds. The summed E-state index contributed by atoms with van der Waals surface area (Å²) < 4.78 is 5.44. The first-order valence-corrected chi connectivity index (χ1v) is 7.36. The lowest BCUT2D eigenvalue weighted by Gasteiger charge is -2.15. The van der Waals surface area contributed by atoms with E-state index < -0.39 is 6.10 Å². The zero-order chi connectivity index (χ0) is 15.0. The highest BCUT2D eigenvalue weighted by Gasteiger charge is 2.07. The highest BCUT2D eigenvalue weighted by atomic mass is 35.5. The molecule has 0 saturated heterocycles. The van der Waals surface area contributed by atoms with Crippen LogP contribution in [-0.4, -0.2) is 42.6 Å². The normalized spacial score (nSPS) is 14.1. The van der Waals surface area contributed by atoms with E-state index in [1.54, 1.807) is 18.2 Å². The van der Waals surface area contributed by atoms with Gasteiger partial charge in [0.05, 0.1) is 10.0 Å². The van der Waals surface area contributed by atoms with E-state index in [0.29, 0.717) is 28.3 Å². The van der Waals surface area contributed by atoms with Crippen molar-refractivity contribution in [1.29, 1.82) is 0 Å². The van der Waals surface area contributed by atoms with Crippen molar-refractivity contribution in [3.05, 3.63) is 28.2 Å². The Morgan fingerprint density at radius 2 is 2.00 bits per heavy atom. The fourth-order valence-electron chi connectivity index (χ4n) is 1.64. The zero-order valence-electron chi connectivity index (χ0n) is 11.5. The van der Waals surface area contributed by atoms with Crippen LogP contribution in [0.25, 0.3) is 0 Å². The molecule has 6 heteroatoms. The molecule has 0 aliphatic carbocycles. The van der Waals surface area contributed by atoms with Crippen LogP contribution in [-0.2, 0) is 0 Å². The van der Waals surface area contributed by atoms with Gasteiger partial charge in [-0.2, -0.15) is 0 Å². The molecule has 4 nitrogen and oxygen atoms in total. The summed E-state index contributed by atoms with van der Waals surface area (Å²) in [4.78, 5) is 0. The minimum Gasteiger partial charge on any atom is -0.491 e. The zero-order valence-corrected chi connectivity index (χ0v) is 13.0. The van der Waals surface area contributed by atoms with Crippen LogP contribution in [0.2, 0.25) is 10.0 Å². The number of aliphatic hydroxyl groups excluding tert-OH is 2. The van der Waals surface area contributed by atoms with Crippen LogP contribution in [0, 0.1) is 5.92 Å². The van der Waals surface area contributed by atoms with Crippen molar-refractivity contribution in [3.63, 3.8) is 0 Å². The predicted octanol–water partition coefficient (Wildman–Crippen LogP) is 2.34. The van der Waals surface area contributed by atoms with Crippen LogP contribution in [0.15, 0.2) is 18.2 Å². The molecular weight excluding hydrogens is 301 g/mol. The molecule has 0 fully saturated rings. The highest BCUT2D eigenvalue weighted by molar-refractivity contribution is 6.42. The Bertz CT molecular complexity index is 404. The molecule has 20 heavy (non-hydrogen) atoms. The molecule has 114 valence electrons. The van der Waals surface area contributed by atoms with Gasteiger partial charge in [0.2, 0.25) is 0 Å². The van der Waals surface area contributed by atoms with Crippen molar-refractivity contribution < 1.29 is 14.9 Å². The summed E-state index contributed by atoms with van der Waals surface area (Å²) in [6.07, 6.45) is 0.147. The summed E-state index contributed by atoms with van der Waals surface area (Å²) in [5.74, 6) is 0.954. The molecule has 2 atom stereocenters. The van der Waals surface area contributed by atoms with Crippen molar-refractivity contribution in [2.24, 2.45) is 5.92 Å². The maximum absolute atomic E-state index is 9.78. The lowest BCUT2D eigenvalue weighted by molar-refractivity contribution is 0.105. The van der Waals surface area contributed by atoms with Gasteiger partial charge in [0, 0.05) is 19.2 Å². The number of benzene rings is 1. The number of rotatable bonds is 9. The van der Waals surface area contributed by atoms with E-state index in [2.05, 4.69) is 5.32 Å². The fourth-order valence-corrected chi connectivity index (χ4v) is 1.92. The van der Waals surface area contributed by atoms with E-state index >= 15 is 0 Å². The van der Waals surface area contributed by atoms with Gasteiger partial charge >= 0.3 is 0 Å². The molecule has 2 unspecified atom stereocenters. The van der Waals surface area contributed by atoms with Gasteiger partial charge in [-0.1, -0.05) is 30.1 Å². The summed E-state index contributed by atoms with van der Waals surface area (Å²) in [5.41, 5.74) is 0. The third-order valence-electron chi connectivity index (χ3n) is 2.83. The molecule has 1 aromatic rings. The second-order valence-corrected chi connectivity index (χ2v) is 5.63. The van der Waals surface area contributed by atoms with Crippen LogP contribution in [0.4, 0.5) is 0 Å². The maximum Gasteiger partial charge on any atom is 0.121 e. The smallest absolute Gasteiger partial charge is 0.121 e. The van der Waals surface area contributed by atoms with E-state index in [9.17, 15) is 5.11 Å². The van der Waals surface area contributed by atoms with Crippen molar-refractivity contribution in [2.45, 2.75) is 19.4 Å². The lowest BCUT2D eigenvalue weighted by atomic mass is 10.1. The summed E-state index contributed by atoms with van der Waals surface area (Å²) in [6.45, 7) is 3.61. The van der Waals surface area contributed by atoms with Gasteiger partial charge in [0.15, 0.2) is 0 Å². The van der Waals surface area contributed by atoms with Crippen molar-refractivity contribution >= 4 is 23.2 Å². The summed E-state index contributed by atoms with van der Waals surface area (Å²) in [7, 11) is 0. The number of hydrogen-bond donors (Lipinski definition) is 3. The number of hydrogen-bond acceptors (Lipinski definition) is 4. The Balaban J connectivity index is 2.22. The summed E-state index contributed by atoms with van der Waals surface area (Å²) >= 11 is 11.7. The van der Waals surface area contributed by atoms with Crippen LogP contribution < -0.4 is 10.1 Å². The van der Waals surface area contributed by atoms with Gasteiger partial charge in [-0.05, 0) is 31.0 Å².